The van der Waals surface area contributed by atoms with Crippen molar-refractivity contribution in [2.24, 2.45) is 0 Å². The Labute approximate surface area is 190 Å². The van der Waals surface area contributed by atoms with Crippen molar-refractivity contribution in [3.63, 3.8) is 0 Å². The number of amides is 1. The van der Waals surface area contributed by atoms with Crippen LogP contribution in [-0.2, 0) is 11.3 Å². The van der Waals surface area contributed by atoms with E-state index in [1.165, 1.54) is 17.3 Å². The van der Waals surface area contributed by atoms with E-state index >= 15 is 0 Å². The third-order valence-electron chi connectivity index (χ3n) is 5.02. The van der Waals surface area contributed by atoms with Crippen molar-refractivity contribution in [2.75, 3.05) is 5.75 Å². The second-order valence-electron chi connectivity index (χ2n) is 7.44. The van der Waals surface area contributed by atoms with Gasteiger partial charge in [0.1, 0.15) is 5.82 Å². The van der Waals surface area contributed by atoms with Crippen molar-refractivity contribution in [1.82, 2.24) is 20.1 Å². The van der Waals surface area contributed by atoms with Crippen molar-refractivity contribution < 1.29 is 4.79 Å². The van der Waals surface area contributed by atoms with Crippen LogP contribution in [0.1, 0.15) is 48.7 Å². The van der Waals surface area contributed by atoms with Gasteiger partial charge < -0.3 is 9.88 Å². The van der Waals surface area contributed by atoms with E-state index in [1.54, 1.807) is 12.1 Å². The Morgan fingerprint density at radius 2 is 1.93 bits per heavy atom. The zero-order valence-electron chi connectivity index (χ0n) is 16.5. The number of halogens is 2. The molecule has 2 aromatic carbocycles. The van der Waals surface area contributed by atoms with E-state index in [2.05, 4.69) is 32.2 Å². The maximum Gasteiger partial charge on any atom is 0.230 e. The van der Waals surface area contributed by atoms with E-state index < -0.39 is 0 Å². The number of hydrogen-bond donors (Lipinski definition) is 1. The fraction of sp³-hybridized carbons (Fsp3) is 0.318. The van der Waals surface area contributed by atoms with Gasteiger partial charge in [-0.3, -0.25) is 4.79 Å². The van der Waals surface area contributed by atoms with Crippen LogP contribution in [0.15, 0.2) is 53.7 Å². The molecule has 1 N–H and O–H groups in total. The summed E-state index contributed by atoms with van der Waals surface area (Å²) in [7, 11) is 0. The zero-order chi connectivity index (χ0) is 21.1. The highest BCUT2D eigenvalue weighted by Crippen LogP contribution is 2.40. The zero-order valence-corrected chi connectivity index (χ0v) is 18.8. The minimum atomic E-state index is -0.169. The quantitative estimate of drug-likeness (QED) is 0.452. The molecule has 5 nitrogen and oxygen atoms in total. The number of hydrogen-bond acceptors (Lipinski definition) is 4. The topological polar surface area (TPSA) is 59.8 Å². The normalized spacial score (nSPS) is 14.5. The van der Waals surface area contributed by atoms with Crippen LogP contribution in [0.3, 0.4) is 0 Å². The molecule has 0 spiro atoms. The SMILES string of the molecule is CC(NC(=O)CSc1nnc(C2CC2)n1Cc1ccccc1)c1ccc(Cl)c(Cl)c1. The number of carbonyl (C=O) groups excluding carboxylic acids is 1. The van der Waals surface area contributed by atoms with Crippen LogP contribution < -0.4 is 5.32 Å². The molecule has 1 fully saturated rings. The van der Waals surface area contributed by atoms with Crippen molar-refractivity contribution in [3.05, 3.63) is 75.5 Å². The molecule has 30 heavy (non-hydrogen) atoms. The Morgan fingerprint density at radius 3 is 2.63 bits per heavy atom. The van der Waals surface area contributed by atoms with Gasteiger partial charge in [-0.15, -0.1) is 10.2 Å². The molecule has 1 aromatic heterocycles. The number of nitrogens with one attached hydrogen (secondary N) is 1. The molecule has 0 aliphatic heterocycles. The summed E-state index contributed by atoms with van der Waals surface area (Å²) in [5, 5.41) is 13.5. The van der Waals surface area contributed by atoms with Crippen LogP contribution in [-0.4, -0.2) is 26.4 Å². The number of rotatable bonds is 8. The fourth-order valence-corrected chi connectivity index (χ4v) is 4.31. The molecule has 1 aliphatic carbocycles. The van der Waals surface area contributed by atoms with Crippen molar-refractivity contribution in [3.8, 4) is 0 Å². The first kappa shape index (κ1) is 21.2. The van der Waals surface area contributed by atoms with E-state index in [0.717, 1.165) is 29.4 Å². The largest absolute Gasteiger partial charge is 0.349 e. The minimum Gasteiger partial charge on any atom is -0.349 e. The third-order valence-corrected chi connectivity index (χ3v) is 6.73. The molecule has 4 rings (SSSR count). The molecule has 3 aromatic rings. The summed E-state index contributed by atoms with van der Waals surface area (Å²) < 4.78 is 2.15. The van der Waals surface area contributed by atoms with Gasteiger partial charge in [0, 0.05) is 5.92 Å². The molecule has 1 amide bonds. The summed E-state index contributed by atoms with van der Waals surface area (Å²) >= 11 is 13.5. The van der Waals surface area contributed by atoms with Gasteiger partial charge in [0.05, 0.1) is 28.4 Å². The lowest BCUT2D eigenvalue weighted by Crippen LogP contribution is -2.28. The number of aromatic nitrogens is 3. The molecule has 0 bridgehead atoms. The summed E-state index contributed by atoms with van der Waals surface area (Å²) in [6, 6.07) is 15.5. The van der Waals surface area contributed by atoms with Crippen LogP contribution in [0.5, 0.6) is 0 Å². The Hall–Kier alpha value is -2.02. The predicted molar refractivity (Wildman–Crippen MR) is 121 cm³/mol. The lowest BCUT2D eigenvalue weighted by atomic mass is 10.1. The standard InChI is InChI=1S/C22H22Cl2N4OS/c1-14(17-9-10-18(23)19(24)11-17)25-20(29)13-30-22-27-26-21(16-7-8-16)28(22)12-15-5-3-2-4-6-15/h2-6,9-11,14,16H,7-8,12-13H2,1H3,(H,25,29). The lowest BCUT2D eigenvalue weighted by Gasteiger charge is -2.15. The molecule has 156 valence electrons. The third kappa shape index (κ3) is 5.17. The van der Waals surface area contributed by atoms with Gasteiger partial charge in [0.15, 0.2) is 5.16 Å². The van der Waals surface area contributed by atoms with Gasteiger partial charge in [-0.1, -0.05) is 71.4 Å². The molecular formula is C22H22Cl2N4OS. The number of carbonyl (C=O) groups is 1. The molecule has 1 aliphatic rings. The smallest absolute Gasteiger partial charge is 0.230 e. The van der Waals surface area contributed by atoms with Crippen LogP contribution in [0.2, 0.25) is 10.0 Å². The van der Waals surface area contributed by atoms with Crippen molar-refractivity contribution >= 4 is 40.9 Å². The highest BCUT2D eigenvalue weighted by atomic mass is 35.5. The Balaban J connectivity index is 1.40. The Morgan fingerprint density at radius 1 is 1.17 bits per heavy atom. The Bertz CT molecular complexity index is 1040. The van der Waals surface area contributed by atoms with Gasteiger partial charge in [-0.05, 0) is 43.0 Å². The van der Waals surface area contributed by atoms with Crippen LogP contribution >= 0.6 is 35.0 Å². The summed E-state index contributed by atoms with van der Waals surface area (Å²) in [6.07, 6.45) is 2.30. The molecular weight excluding hydrogens is 439 g/mol. The molecule has 1 saturated carbocycles. The van der Waals surface area contributed by atoms with Crippen LogP contribution in [0.25, 0.3) is 0 Å². The first-order chi connectivity index (χ1) is 14.5. The minimum absolute atomic E-state index is 0.0687. The molecule has 0 saturated heterocycles. The van der Waals surface area contributed by atoms with Gasteiger partial charge >= 0.3 is 0 Å². The van der Waals surface area contributed by atoms with E-state index in [4.69, 9.17) is 23.2 Å². The number of thioether (sulfide) groups is 1. The molecule has 1 heterocycles. The first-order valence-corrected chi connectivity index (χ1v) is 11.6. The van der Waals surface area contributed by atoms with Gasteiger partial charge in [-0.2, -0.15) is 0 Å². The van der Waals surface area contributed by atoms with Gasteiger partial charge in [0.25, 0.3) is 0 Å². The number of benzene rings is 2. The second-order valence-corrected chi connectivity index (χ2v) is 9.20. The molecule has 1 atom stereocenters. The number of nitrogens with zero attached hydrogens (tertiary/aromatic N) is 3. The first-order valence-electron chi connectivity index (χ1n) is 9.85. The maximum atomic E-state index is 12.5. The summed E-state index contributed by atoms with van der Waals surface area (Å²) in [5.41, 5.74) is 2.10. The lowest BCUT2D eigenvalue weighted by molar-refractivity contribution is -0.119. The van der Waals surface area contributed by atoms with Crippen LogP contribution in [0.4, 0.5) is 0 Å². The van der Waals surface area contributed by atoms with E-state index in [1.807, 2.05) is 31.2 Å². The summed E-state index contributed by atoms with van der Waals surface area (Å²) in [5.74, 6) is 1.70. The van der Waals surface area contributed by atoms with E-state index in [9.17, 15) is 4.79 Å². The highest BCUT2D eigenvalue weighted by molar-refractivity contribution is 7.99. The van der Waals surface area contributed by atoms with E-state index in [0.29, 0.717) is 22.5 Å². The highest BCUT2D eigenvalue weighted by Gasteiger charge is 2.30. The predicted octanol–water partition coefficient (Wildman–Crippen LogP) is 5.48. The monoisotopic (exact) mass is 460 g/mol. The second kappa shape index (κ2) is 9.41. The van der Waals surface area contributed by atoms with Gasteiger partial charge in [-0.25, -0.2) is 0 Å². The molecule has 0 radical (unpaired) electrons. The summed E-state index contributed by atoms with van der Waals surface area (Å²) in [4.78, 5) is 12.5. The van der Waals surface area contributed by atoms with Crippen molar-refractivity contribution in [1.29, 1.82) is 0 Å². The van der Waals surface area contributed by atoms with Gasteiger partial charge in [0.2, 0.25) is 5.91 Å². The average molecular weight is 461 g/mol. The fourth-order valence-electron chi connectivity index (χ4n) is 3.24. The maximum absolute atomic E-state index is 12.5. The van der Waals surface area contributed by atoms with Crippen LogP contribution in [0, 0.1) is 0 Å². The molecule has 8 heteroatoms. The van der Waals surface area contributed by atoms with Crippen molar-refractivity contribution in [2.45, 2.75) is 43.4 Å². The Kier molecular flexibility index (Phi) is 6.66. The summed E-state index contributed by atoms with van der Waals surface area (Å²) in [6.45, 7) is 2.63. The average Bonchev–Trinajstić information content (AvgIpc) is 3.51. The van der Waals surface area contributed by atoms with E-state index in [-0.39, 0.29) is 17.7 Å². The molecule has 1 unspecified atom stereocenters.